The van der Waals surface area contributed by atoms with Crippen LogP contribution >= 0.6 is 0 Å². The number of anilines is 1. The minimum atomic E-state index is 0.141. The zero-order chi connectivity index (χ0) is 12.1. The molecule has 17 heavy (non-hydrogen) atoms. The van der Waals surface area contributed by atoms with E-state index in [0.717, 1.165) is 39.0 Å². The smallest absolute Gasteiger partial charge is 0.124 e. The molecule has 2 rings (SSSR count). The summed E-state index contributed by atoms with van der Waals surface area (Å²) in [4.78, 5) is 19.4. The number of carbonyl (C=O) groups excluding carboxylic acids is 1. The second kappa shape index (κ2) is 5.77. The zero-order valence-corrected chi connectivity index (χ0v) is 10.2. The van der Waals surface area contributed by atoms with Gasteiger partial charge < -0.3 is 9.69 Å². The lowest BCUT2D eigenvalue weighted by Gasteiger charge is -2.36. The lowest BCUT2D eigenvalue weighted by Crippen LogP contribution is -2.47. The van der Waals surface area contributed by atoms with E-state index in [4.69, 9.17) is 0 Å². The molecule has 1 aromatic heterocycles. The van der Waals surface area contributed by atoms with Gasteiger partial charge in [-0.25, -0.2) is 0 Å². The molecule has 1 aliphatic heterocycles. The summed E-state index contributed by atoms with van der Waals surface area (Å²) in [6.07, 6.45) is 4.70. The SMILES string of the molecule is CC(C=O)CN1CCN(c2ccncc2)CC1. The van der Waals surface area contributed by atoms with Gasteiger partial charge in [0.2, 0.25) is 0 Å². The van der Waals surface area contributed by atoms with E-state index in [0.29, 0.717) is 0 Å². The maximum Gasteiger partial charge on any atom is 0.124 e. The summed E-state index contributed by atoms with van der Waals surface area (Å²) in [5.41, 5.74) is 1.24. The molecule has 1 fully saturated rings. The third kappa shape index (κ3) is 3.27. The second-order valence-corrected chi connectivity index (χ2v) is 4.61. The van der Waals surface area contributed by atoms with Gasteiger partial charge in [0.1, 0.15) is 6.29 Å². The average Bonchev–Trinajstić information content (AvgIpc) is 2.40. The third-order valence-electron chi connectivity index (χ3n) is 3.18. The number of rotatable bonds is 4. The fourth-order valence-electron chi connectivity index (χ4n) is 2.19. The van der Waals surface area contributed by atoms with Gasteiger partial charge in [-0.1, -0.05) is 6.92 Å². The molecular weight excluding hydrogens is 214 g/mol. The van der Waals surface area contributed by atoms with Crippen molar-refractivity contribution in [2.24, 2.45) is 5.92 Å². The van der Waals surface area contributed by atoms with Gasteiger partial charge in [0.05, 0.1) is 0 Å². The Morgan fingerprint density at radius 2 is 1.94 bits per heavy atom. The molecule has 0 N–H and O–H groups in total. The number of piperazine rings is 1. The topological polar surface area (TPSA) is 36.4 Å². The molecule has 0 radical (unpaired) electrons. The van der Waals surface area contributed by atoms with Crippen LogP contribution in [0.5, 0.6) is 0 Å². The van der Waals surface area contributed by atoms with Crippen molar-refractivity contribution in [3.8, 4) is 0 Å². The van der Waals surface area contributed by atoms with Crippen LogP contribution in [0.15, 0.2) is 24.5 Å². The first-order valence-corrected chi connectivity index (χ1v) is 6.12. The van der Waals surface area contributed by atoms with Gasteiger partial charge in [-0.15, -0.1) is 0 Å². The van der Waals surface area contributed by atoms with Gasteiger partial charge >= 0.3 is 0 Å². The maximum atomic E-state index is 10.6. The van der Waals surface area contributed by atoms with Gasteiger partial charge in [0.25, 0.3) is 0 Å². The van der Waals surface area contributed by atoms with Crippen LogP contribution in [0.25, 0.3) is 0 Å². The summed E-state index contributed by atoms with van der Waals surface area (Å²) in [7, 11) is 0. The Balaban J connectivity index is 1.84. The Bertz CT molecular complexity index is 347. The van der Waals surface area contributed by atoms with Crippen molar-refractivity contribution < 1.29 is 4.79 Å². The Labute approximate surface area is 102 Å². The number of hydrogen-bond donors (Lipinski definition) is 0. The highest BCUT2D eigenvalue weighted by molar-refractivity contribution is 5.53. The molecule has 2 heterocycles. The van der Waals surface area contributed by atoms with Gasteiger partial charge in [0, 0.05) is 56.7 Å². The molecule has 0 amide bonds. The van der Waals surface area contributed by atoms with E-state index >= 15 is 0 Å². The highest BCUT2D eigenvalue weighted by Gasteiger charge is 2.18. The van der Waals surface area contributed by atoms with Crippen molar-refractivity contribution in [3.63, 3.8) is 0 Å². The van der Waals surface area contributed by atoms with Gasteiger partial charge in [-0.3, -0.25) is 9.88 Å². The molecule has 1 atom stereocenters. The average molecular weight is 233 g/mol. The molecule has 1 saturated heterocycles. The minimum Gasteiger partial charge on any atom is -0.369 e. The summed E-state index contributed by atoms with van der Waals surface area (Å²) in [5.74, 6) is 0.141. The molecule has 4 nitrogen and oxygen atoms in total. The van der Waals surface area contributed by atoms with Gasteiger partial charge in [-0.2, -0.15) is 0 Å². The first kappa shape index (κ1) is 12.0. The van der Waals surface area contributed by atoms with E-state index in [1.165, 1.54) is 5.69 Å². The van der Waals surface area contributed by atoms with E-state index in [1.54, 1.807) is 0 Å². The Hall–Kier alpha value is -1.42. The number of hydrogen-bond acceptors (Lipinski definition) is 4. The monoisotopic (exact) mass is 233 g/mol. The molecule has 1 aromatic rings. The van der Waals surface area contributed by atoms with Crippen molar-refractivity contribution in [2.75, 3.05) is 37.6 Å². The Morgan fingerprint density at radius 3 is 2.53 bits per heavy atom. The second-order valence-electron chi connectivity index (χ2n) is 4.61. The van der Waals surface area contributed by atoms with Crippen molar-refractivity contribution in [2.45, 2.75) is 6.92 Å². The number of nitrogens with zero attached hydrogens (tertiary/aromatic N) is 3. The summed E-state index contributed by atoms with van der Waals surface area (Å²) >= 11 is 0. The molecule has 1 unspecified atom stereocenters. The lowest BCUT2D eigenvalue weighted by molar-refractivity contribution is -0.111. The molecule has 0 spiro atoms. The molecule has 0 aliphatic carbocycles. The first-order chi connectivity index (χ1) is 8.29. The molecule has 1 aliphatic rings. The van der Waals surface area contributed by atoms with Gasteiger partial charge in [0.15, 0.2) is 0 Å². The van der Waals surface area contributed by atoms with Gasteiger partial charge in [-0.05, 0) is 12.1 Å². The largest absolute Gasteiger partial charge is 0.369 e. The van der Waals surface area contributed by atoms with E-state index in [1.807, 2.05) is 31.5 Å². The normalized spacial score (nSPS) is 19.0. The summed E-state index contributed by atoms with van der Waals surface area (Å²) in [6.45, 7) is 6.96. The maximum absolute atomic E-state index is 10.6. The molecule has 0 saturated carbocycles. The number of aromatic nitrogens is 1. The fraction of sp³-hybridized carbons (Fsp3) is 0.538. The molecule has 4 heteroatoms. The van der Waals surface area contributed by atoms with Crippen LogP contribution in [0.3, 0.4) is 0 Å². The number of carbonyl (C=O) groups is 1. The van der Waals surface area contributed by atoms with Crippen LogP contribution in [0.1, 0.15) is 6.92 Å². The lowest BCUT2D eigenvalue weighted by atomic mass is 10.2. The predicted octanol–water partition coefficient (Wildman–Crippen LogP) is 1.04. The number of aldehydes is 1. The van der Waals surface area contributed by atoms with E-state index in [-0.39, 0.29) is 5.92 Å². The fourth-order valence-corrected chi connectivity index (χ4v) is 2.19. The van der Waals surface area contributed by atoms with Crippen molar-refractivity contribution in [1.82, 2.24) is 9.88 Å². The molecular formula is C13H19N3O. The zero-order valence-electron chi connectivity index (χ0n) is 10.2. The van der Waals surface area contributed by atoms with Crippen LogP contribution in [0.2, 0.25) is 0 Å². The first-order valence-electron chi connectivity index (χ1n) is 6.12. The summed E-state index contributed by atoms with van der Waals surface area (Å²) in [6, 6.07) is 4.09. The van der Waals surface area contributed by atoms with E-state index in [9.17, 15) is 4.79 Å². The van der Waals surface area contributed by atoms with Crippen LogP contribution in [-0.2, 0) is 4.79 Å². The minimum absolute atomic E-state index is 0.141. The van der Waals surface area contributed by atoms with E-state index < -0.39 is 0 Å². The standard InChI is InChI=1S/C13H19N3O/c1-12(11-17)10-15-6-8-16(9-7-15)13-2-4-14-5-3-13/h2-5,11-12H,6-10H2,1H3. The highest BCUT2D eigenvalue weighted by Crippen LogP contribution is 2.14. The Kier molecular flexibility index (Phi) is 4.09. The van der Waals surface area contributed by atoms with Crippen molar-refractivity contribution in [1.29, 1.82) is 0 Å². The third-order valence-corrected chi connectivity index (χ3v) is 3.18. The molecule has 0 bridgehead atoms. The van der Waals surface area contributed by atoms with Crippen molar-refractivity contribution >= 4 is 12.0 Å². The predicted molar refractivity (Wildman–Crippen MR) is 68.1 cm³/mol. The highest BCUT2D eigenvalue weighted by atomic mass is 16.1. The molecule has 0 aromatic carbocycles. The van der Waals surface area contributed by atoms with E-state index in [2.05, 4.69) is 14.8 Å². The van der Waals surface area contributed by atoms with Crippen molar-refractivity contribution in [3.05, 3.63) is 24.5 Å². The number of pyridine rings is 1. The van der Waals surface area contributed by atoms with Crippen LogP contribution in [0.4, 0.5) is 5.69 Å². The van der Waals surface area contributed by atoms with Crippen LogP contribution in [-0.4, -0.2) is 48.9 Å². The van der Waals surface area contributed by atoms with Crippen LogP contribution in [0, 0.1) is 5.92 Å². The molecule has 92 valence electrons. The Morgan fingerprint density at radius 1 is 1.29 bits per heavy atom. The summed E-state index contributed by atoms with van der Waals surface area (Å²) < 4.78 is 0. The summed E-state index contributed by atoms with van der Waals surface area (Å²) in [5, 5.41) is 0. The van der Waals surface area contributed by atoms with Crippen LogP contribution < -0.4 is 4.90 Å². The quantitative estimate of drug-likeness (QED) is 0.728.